The Kier molecular flexibility index (Phi) is 4.57. The third-order valence-corrected chi connectivity index (χ3v) is 3.20. The van der Waals surface area contributed by atoms with Crippen molar-refractivity contribution in [2.45, 2.75) is 6.54 Å². The molecule has 2 rings (SSSR count). The van der Waals surface area contributed by atoms with Gasteiger partial charge in [-0.3, -0.25) is 0 Å². The number of methoxy groups -OCH3 is 1. The van der Waals surface area contributed by atoms with Crippen LogP contribution >= 0.6 is 15.9 Å². The molecule has 0 aliphatic rings. The number of anilines is 1. The maximum atomic E-state index is 11.2. The minimum atomic E-state index is -0.971. The summed E-state index contributed by atoms with van der Waals surface area (Å²) in [6.07, 6.45) is 1.65. The zero-order valence-corrected chi connectivity index (χ0v) is 12.3. The first kappa shape index (κ1) is 14.3. The number of rotatable bonds is 5. The van der Waals surface area contributed by atoms with Gasteiger partial charge in [-0.15, -0.1) is 0 Å². The molecule has 0 amide bonds. The predicted octanol–water partition coefficient (Wildman–Crippen LogP) is 3.16. The van der Waals surface area contributed by atoms with Crippen LogP contribution in [0.2, 0.25) is 0 Å². The lowest BCUT2D eigenvalue weighted by Crippen LogP contribution is -2.06. The molecular formula is C14H13BrN2O3. The van der Waals surface area contributed by atoms with Gasteiger partial charge in [0.15, 0.2) is 0 Å². The summed E-state index contributed by atoms with van der Waals surface area (Å²) >= 11 is 3.26. The second-order valence-electron chi connectivity index (χ2n) is 4.06. The van der Waals surface area contributed by atoms with E-state index in [-0.39, 0.29) is 5.56 Å². The van der Waals surface area contributed by atoms with Gasteiger partial charge in [-0.1, -0.05) is 15.9 Å². The number of hydrogen-bond acceptors (Lipinski definition) is 4. The highest BCUT2D eigenvalue weighted by Crippen LogP contribution is 2.22. The van der Waals surface area contributed by atoms with E-state index < -0.39 is 5.97 Å². The molecule has 0 spiro atoms. The molecule has 2 N–H and O–H groups in total. The van der Waals surface area contributed by atoms with E-state index in [1.54, 1.807) is 37.6 Å². The van der Waals surface area contributed by atoms with Crippen molar-refractivity contribution in [3.05, 3.63) is 52.1 Å². The fourth-order valence-corrected chi connectivity index (χ4v) is 2.08. The highest BCUT2D eigenvalue weighted by molar-refractivity contribution is 9.10. The summed E-state index contributed by atoms with van der Waals surface area (Å²) in [4.78, 5) is 15.2. The predicted molar refractivity (Wildman–Crippen MR) is 79.2 cm³/mol. The van der Waals surface area contributed by atoms with Crippen LogP contribution in [0.5, 0.6) is 5.88 Å². The van der Waals surface area contributed by atoms with Crippen LogP contribution < -0.4 is 10.1 Å². The van der Waals surface area contributed by atoms with Gasteiger partial charge in [0.1, 0.15) is 0 Å². The number of benzene rings is 1. The van der Waals surface area contributed by atoms with Crippen molar-refractivity contribution in [2.75, 3.05) is 12.4 Å². The number of pyridine rings is 1. The van der Waals surface area contributed by atoms with Crippen molar-refractivity contribution in [3.8, 4) is 5.88 Å². The summed E-state index contributed by atoms with van der Waals surface area (Å²) in [6, 6.07) is 8.73. The van der Waals surface area contributed by atoms with Crippen LogP contribution in [0.3, 0.4) is 0 Å². The highest BCUT2D eigenvalue weighted by Gasteiger charge is 2.10. The lowest BCUT2D eigenvalue weighted by Gasteiger charge is -2.10. The van der Waals surface area contributed by atoms with Gasteiger partial charge in [-0.25, -0.2) is 9.78 Å². The normalized spacial score (nSPS) is 10.1. The van der Waals surface area contributed by atoms with E-state index in [0.717, 1.165) is 10.0 Å². The van der Waals surface area contributed by atoms with Gasteiger partial charge < -0.3 is 15.2 Å². The van der Waals surface area contributed by atoms with E-state index in [0.29, 0.717) is 18.1 Å². The first-order valence-corrected chi connectivity index (χ1v) is 6.65. The maximum absolute atomic E-state index is 11.2. The van der Waals surface area contributed by atoms with Crippen molar-refractivity contribution in [1.82, 2.24) is 4.98 Å². The Labute approximate surface area is 124 Å². The largest absolute Gasteiger partial charge is 0.481 e. The lowest BCUT2D eigenvalue weighted by atomic mass is 10.1. The summed E-state index contributed by atoms with van der Waals surface area (Å²) in [6.45, 7) is 0.487. The fraction of sp³-hybridized carbons (Fsp3) is 0.143. The summed E-state index contributed by atoms with van der Waals surface area (Å²) in [5, 5.41) is 12.3. The average molecular weight is 337 g/mol. The number of carboxylic acids is 1. The van der Waals surface area contributed by atoms with Crippen LogP contribution in [0.1, 0.15) is 15.9 Å². The van der Waals surface area contributed by atoms with E-state index in [4.69, 9.17) is 4.74 Å². The number of aromatic nitrogens is 1. The molecule has 0 saturated carbocycles. The van der Waals surface area contributed by atoms with Crippen molar-refractivity contribution >= 4 is 27.6 Å². The van der Waals surface area contributed by atoms with Crippen molar-refractivity contribution in [2.24, 2.45) is 0 Å². The number of hydrogen-bond donors (Lipinski definition) is 2. The van der Waals surface area contributed by atoms with Crippen LogP contribution in [0, 0.1) is 0 Å². The molecule has 0 unspecified atom stereocenters. The smallest absolute Gasteiger partial charge is 0.337 e. The number of nitrogens with zero attached hydrogens (tertiary/aromatic N) is 1. The number of nitrogens with one attached hydrogen (secondary N) is 1. The zero-order chi connectivity index (χ0) is 14.5. The topological polar surface area (TPSA) is 71.5 Å². The molecule has 20 heavy (non-hydrogen) atoms. The lowest BCUT2D eigenvalue weighted by molar-refractivity contribution is 0.0698. The van der Waals surface area contributed by atoms with Gasteiger partial charge in [-0.05, 0) is 29.8 Å². The van der Waals surface area contributed by atoms with E-state index in [1.165, 1.54) is 0 Å². The number of halogens is 1. The van der Waals surface area contributed by atoms with Crippen LogP contribution in [0.4, 0.5) is 5.69 Å². The second-order valence-corrected chi connectivity index (χ2v) is 4.97. The first-order chi connectivity index (χ1) is 9.60. The quantitative estimate of drug-likeness (QED) is 0.877. The molecule has 104 valence electrons. The number of ether oxygens (including phenoxy) is 1. The molecule has 2 aromatic rings. The first-order valence-electron chi connectivity index (χ1n) is 5.86. The van der Waals surface area contributed by atoms with Crippen LogP contribution in [-0.4, -0.2) is 23.2 Å². The molecule has 1 aromatic carbocycles. The molecule has 0 aliphatic carbocycles. The Hall–Kier alpha value is -2.08. The monoisotopic (exact) mass is 336 g/mol. The van der Waals surface area contributed by atoms with Gasteiger partial charge in [0.2, 0.25) is 5.88 Å². The third-order valence-electron chi connectivity index (χ3n) is 2.70. The fourth-order valence-electron chi connectivity index (χ4n) is 1.72. The van der Waals surface area contributed by atoms with Gasteiger partial charge in [0, 0.05) is 29.0 Å². The number of aromatic carboxylic acids is 1. The highest BCUT2D eigenvalue weighted by atomic mass is 79.9. The molecule has 6 heteroatoms. The SMILES string of the molecule is COc1cc(CNc2ccc(Br)cc2C(=O)O)ccn1. The molecule has 0 fully saturated rings. The summed E-state index contributed by atoms with van der Waals surface area (Å²) in [5.41, 5.74) is 1.74. The van der Waals surface area contributed by atoms with E-state index in [1.807, 2.05) is 6.07 Å². The average Bonchev–Trinajstić information content (AvgIpc) is 2.46. The van der Waals surface area contributed by atoms with E-state index >= 15 is 0 Å². The summed E-state index contributed by atoms with van der Waals surface area (Å²) in [5.74, 6) is -0.445. The molecule has 1 aromatic heterocycles. The number of carbonyl (C=O) groups is 1. The van der Waals surface area contributed by atoms with E-state index in [2.05, 4.69) is 26.2 Å². The Balaban J connectivity index is 2.16. The standard InChI is InChI=1S/C14H13BrN2O3/c1-20-13-6-9(4-5-16-13)8-17-12-3-2-10(15)7-11(12)14(18)19/h2-7,17H,8H2,1H3,(H,18,19). The third kappa shape index (κ3) is 3.48. The van der Waals surface area contributed by atoms with Crippen LogP contribution in [-0.2, 0) is 6.54 Å². The molecule has 5 nitrogen and oxygen atoms in total. The summed E-state index contributed by atoms with van der Waals surface area (Å²) in [7, 11) is 1.55. The molecule has 1 heterocycles. The maximum Gasteiger partial charge on any atom is 0.337 e. The van der Waals surface area contributed by atoms with Crippen molar-refractivity contribution < 1.29 is 14.6 Å². The molecule has 0 bridgehead atoms. The molecule has 0 radical (unpaired) electrons. The Bertz CT molecular complexity index is 632. The number of carboxylic acid groups (broad SMARTS) is 1. The second kappa shape index (κ2) is 6.38. The Morgan fingerprint density at radius 1 is 1.40 bits per heavy atom. The molecule has 0 atom stereocenters. The molecule has 0 aliphatic heterocycles. The molecular weight excluding hydrogens is 324 g/mol. The van der Waals surface area contributed by atoms with Gasteiger partial charge in [0.05, 0.1) is 12.7 Å². The van der Waals surface area contributed by atoms with Gasteiger partial charge in [0.25, 0.3) is 0 Å². The van der Waals surface area contributed by atoms with Crippen LogP contribution in [0.25, 0.3) is 0 Å². The zero-order valence-electron chi connectivity index (χ0n) is 10.8. The van der Waals surface area contributed by atoms with E-state index in [9.17, 15) is 9.90 Å². The van der Waals surface area contributed by atoms with Crippen LogP contribution in [0.15, 0.2) is 41.0 Å². The minimum absolute atomic E-state index is 0.223. The minimum Gasteiger partial charge on any atom is -0.481 e. The molecule has 0 saturated heterocycles. The van der Waals surface area contributed by atoms with Gasteiger partial charge >= 0.3 is 5.97 Å². The Morgan fingerprint density at radius 3 is 2.90 bits per heavy atom. The summed E-state index contributed by atoms with van der Waals surface area (Å²) < 4.78 is 5.77. The van der Waals surface area contributed by atoms with Crippen molar-refractivity contribution in [1.29, 1.82) is 0 Å². The Morgan fingerprint density at radius 2 is 2.20 bits per heavy atom. The van der Waals surface area contributed by atoms with Gasteiger partial charge in [-0.2, -0.15) is 0 Å². The van der Waals surface area contributed by atoms with Crippen molar-refractivity contribution in [3.63, 3.8) is 0 Å².